The number of methoxy groups -OCH3 is 2. The Balaban J connectivity index is 2.61. The van der Waals surface area contributed by atoms with E-state index in [4.69, 9.17) is 15.3 Å². The van der Waals surface area contributed by atoms with Crippen LogP contribution in [0.15, 0.2) is 24.4 Å². The monoisotopic (exact) mass is 280 g/mol. The van der Waals surface area contributed by atoms with Crippen LogP contribution in [0.5, 0.6) is 11.5 Å². The van der Waals surface area contributed by atoms with Gasteiger partial charge in [-0.05, 0) is 12.1 Å². The van der Waals surface area contributed by atoms with Crippen molar-refractivity contribution in [3.8, 4) is 11.5 Å². The van der Waals surface area contributed by atoms with Crippen LogP contribution in [-0.2, 0) is 7.05 Å². The van der Waals surface area contributed by atoms with E-state index in [0.29, 0.717) is 22.8 Å². The van der Waals surface area contributed by atoms with Gasteiger partial charge in [-0.1, -0.05) is 6.07 Å². The molecule has 20 heavy (non-hydrogen) atoms. The fraction of sp³-hybridized carbons (Fsp3) is 0.308. The lowest BCUT2D eigenvalue weighted by Crippen LogP contribution is -2.31. The zero-order valence-electron chi connectivity index (χ0n) is 11.6. The summed E-state index contributed by atoms with van der Waals surface area (Å²) in [5.74, 6) is 6.11. The molecule has 1 unspecified atom stereocenters. The molecule has 3 N–H and O–H groups in total. The zero-order chi connectivity index (χ0) is 14.7. The number of halogens is 1. The summed E-state index contributed by atoms with van der Waals surface area (Å²) in [7, 11) is 4.73. The van der Waals surface area contributed by atoms with Gasteiger partial charge >= 0.3 is 0 Å². The number of nitrogens with zero attached hydrogens (tertiary/aromatic N) is 2. The Bertz CT molecular complexity index is 600. The molecule has 0 amide bonds. The van der Waals surface area contributed by atoms with Crippen LogP contribution in [0, 0.1) is 5.82 Å². The van der Waals surface area contributed by atoms with Crippen molar-refractivity contribution in [1.29, 1.82) is 0 Å². The molecule has 0 bridgehead atoms. The number of hydrogen-bond donors (Lipinski definition) is 2. The molecular weight excluding hydrogens is 263 g/mol. The van der Waals surface area contributed by atoms with Crippen LogP contribution in [0.3, 0.4) is 0 Å². The highest BCUT2D eigenvalue weighted by molar-refractivity contribution is 5.44. The van der Waals surface area contributed by atoms with Crippen LogP contribution in [-0.4, -0.2) is 24.0 Å². The van der Waals surface area contributed by atoms with E-state index in [1.165, 1.54) is 20.3 Å². The number of ether oxygens (including phenoxy) is 2. The molecule has 108 valence electrons. The first-order valence-corrected chi connectivity index (χ1v) is 5.98. The lowest BCUT2D eigenvalue weighted by Gasteiger charge is -2.21. The summed E-state index contributed by atoms with van der Waals surface area (Å²) in [6.07, 6.45) is 1.55. The van der Waals surface area contributed by atoms with Crippen LogP contribution in [0.25, 0.3) is 0 Å². The molecule has 7 heteroatoms. The number of aromatic nitrogens is 2. The summed E-state index contributed by atoms with van der Waals surface area (Å²) in [4.78, 5) is 0. The van der Waals surface area contributed by atoms with Crippen molar-refractivity contribution in [1.82, 2.24) is 15.2 Å². The standard InChI is InChI=1S/C13H17FN4O2/c1-18-13(10(20-3)7-16-18)12(17-15)11-8(14)5-4-6-9(11)19-2/h4-7,12,17H,15H2,1-3H3. The van der Waals surface area contributed by atoms with E-state index in [1.54, 1.807) is 30.1 Å². The van der Waals surface area contributed by atoms with E-state index in [0.717, 1.165) is 0 Å². The molecule has 0 aliphatic heterocycles. The highest BCUT2D eigenvalue weighted by atomic mass is 19.1. The highest BCUT2D eigenvalue weighted by Crippen LogP contribution is 2.35. The molecule has 6 nitrogen and oxygen atoms in total. The van der Waals surface area contributed by atoms with E-state index >= 15 is 0 Å². The van der Waals surface area contributed by atoms with Crippen molar-refractivity contribution in [2.75, 3.05) is 14.2 Å². The van der Waals surface area contributed by atoms with Crippen molar-refractivity contribution in [3.63, 3.8) is 0 Å². The van der Waals surface area contributed by atoms with E-state index in [2.05, 4.69) is 10.5 Å². The average Bonchev–Trinajstić information content (AvgIpc) is 2.82. The number of rotatable bonds is 5. The first kappa shape index (κ1) is 14.3. The summed E-state index contributed by atoms with van der Waals surface area (Å²) in [6.45, 7) is 0. The van der Waals surface area contributed by atoms with Crippen LogP contribution >= 0.6 is 0 Å². The van der Waals surface area contributed by atoms with Gasteiger partial charge in [0, 0.05) is 7.05 Å². The Kier molecular flexibility index (Phi) is 4.21. The van der Waals surface area contributed by atoms with Gasteiger partial charge in [0.05, 0.1) is 32.0 Å². The Morgan fingerprint density at radius 1 is 1.30 bits per heavy atom. The minimum absolute atomic E-state index is 0.305. The van der Waals surface area contributed by atoms with Gasteiger partial charge in [-0.15, -0.1) is 0 Å². The number of benzene rings is 1. The fourth-order valence-corrected chi connectivity index (χ4v) is 2.19. The summed E-state index contributed by atoms with van der Waals surface area (Å²) in [5, 5.41) is 4.10. The van der Waals surface area contributed by atoms with Crippen molar-refractivity contribution in [3.05, 3.63) is 41.5 Å². The summed E-state index contributed by atoms with van der Waals surface area (Å²) >= 11 is 0. The first-order chi connectivity index (χ1) is 9.63. The number of nitrogens with two attached hydrogens (primary N) is 1. The van der Waals surface area contributed by atoms with Gasteiger partial charge in [-0.3, -0.25) is 10.5 Å². The Labute approximate surface area is 116 Å². The van der Waals surface area contributed by atoms with Crippen LogP contribution < -0.4 is 20.7 Å². The molecule has 2 aromatic rings. The summed E-state index contributed by atoms with van der Waals surface area (Å²) in [6, 6.07) is 3.95. The molecular formula is C13H17FN4O2. The molecule has 0 spiro atoms. The molecule has 0 saturated heterocycles. The quantitative estimate of drug-likeness (QED) is 0.634. The molecule has 1 atom stereocenters. The van der Waals surface area contributed by atoms with Gasteiger partial charge < -0.3 is 9.47 Å². The lowest BCUT2D eigenvalue weighted by molar-refractivity contribution is 0.384. The average molecular weight is 280 g/mol. The molecule has 0 saturated carbocycles. The van der Waals surface area contributed by atoms with Crippen molar-refractivity contribution < 1.29 is 13.9 Å². The fourth-order valence-electron chi connectivity index (χ4n) is 2.19. The van der Waals surface area contributed by atoms with Gasteiger partial charge in [0.2, 0.25) is 0 Å². The maximum absolute atomic E-state index is 14.2. The number of hydrazine groups is 1. The first-order valence-electron chi connectivity index (χ1n) is 5.98. The second-order valence-electron chi connectivity index (χ2n) is 4.18. The molecule has 0 aliphatic rings. The Morgan fingerprint density at radius 2 is 2.00 bits per heavy atom. The Hall–Kier alpha value is -2.12. The normalized spacial score (nSPS) is 12.2. The smallest absolute Gasteiger partial charge is 0.161 e. The van der Waals surface area contributed by atoms with E-state index in [1.807, 2.05) is 0 Å². The van der Waals surface area contributed by atoms with Crippen molar-refractivity contribution >= 4 is 0 Å². The summed E-state index contributed by atoms with van der Waals surface area (Å²) < 4.78 is 26.2. The molecule has 0 aliphatic carbocycles. The largest absolute Gasteiger partial charge is 0.496 e. The minimum Gasteiger partial charge on any atom is -0.496 e. The third kappa shape index (κ3) is 2.33. The van der Waals surface area contributed by atoms with Gasteiger partial charge in [0.25, 0.3) is 0 Å². The number of aryl methyl sites for hydroxylation is 1. The van der Waals surface area contributed by atoms with Crippen molar-refractivity contribution in [2.24, 2.45) is 12.9 Å². The van der Waals surface area contributed by atoms with E-state index in [9.17, 15) is 4.39 Å². The van der Waals surface area contributed by atoms with E-state index < -0.39 is 11.9 Å². The third-order valence-corrected chi connectivity index (χ3v) is 3.13. The maximum Gasteiger partial charge on any atom is 0.161 e. The van der Waals surface area contributed by atoms with Crippen LogP contribution in [0.2, 0.25) is 0 Å². The zero-order valence-corrected chi connectivity index (χ0v) is 11.6. The van der Waals surface area contributed by atoms with E-state index in [-0.39, 0.29) is 0 Å². The predicted octanol–water partition coefficient (Wildman–Crippen LogP) is 1.13. The van der Waals surface area contributed by atoms with Crippen molar-refractivity contribution in [2.45, 2.75) is 6.04 Å². The number of hydrogen-bond acceptors (Lipinski definition) is 5. The van der Waals surface area contributed by atoms with Crippen LogP contribution in [0.1, 0.15) is 17.3 Å². The van der Waals surface area contributed by atoms with Crippen LogP contribution in [0.4, 0.5) is 4.39 Å². The lowest BCUT2D eigenvalue weighted by atomic mass is 10.0. The maximum atomic E-state index is 14.2. The molecule has 2 rings (SSSR count). The molecule has 1 heterocycles. The molecule has 1 aromatic heterocycles. The minimum atomic E-state index is -0.645. The second kappa shape index (κ2) is 5.89. The second-order valence-corrected chi connectivity index (χ2v) is 4.18. The molecule has 0 fully saturated rings. The third-order valence-electron chi connectivity index (χ3n) is 3.13. The Morgan fingerprint density at radius 3 is 2.60 bits per heavy atom. The number of nitrogens with one attached hydrogen (secondary N) is 1. The molecule has 0 radical (unpaired) electrons. The van der Waals surface area contributed by atoms with Gasteiger partial charge in [-0.25, -0.2) is 9.82 Å². The topological polar surface area (TPSA) is 74.3 Å². The van der Waals surface area contributed by atoms with Gasteiger partial charge in [0.1, 0.15) is 17.3 Å². The SMILES string of the molecule is COc1cccc(F)c1C(NN)c1c(OC)cnn1C. The summed E-state index contributed by atoms with van der Waals surface area (Å²) in [5.41, 5.74) is 3.51. The van der Waals surface area contributed by atoms with Gasteiger partial charge in [-0.2, -0.15) is 5.10 Å². The highest BCUT2D eigenvalue weighted by Gasteiger charge is 2.27. The predicted molar refractivity (Wildman–Crippen MR) is 71.9 cm³/mol. The van der Waals surface area contributed by atoms with Gasteiger partial charge in [0.15, 0.2) is 5.75 Å². The molecule has 1 aromatic carbocycles.